The lowest BCUT2D eigenvalue weighted by Crippen LogP contribution is -2.30. The topological polar surface area (TPSA) is 44.0 Å². The molecule has 11 heavy (non-hydrogen) atoms. The number of aliphatic hydroxyl groups is 1. The van der Waals surface area contributed by atoms with Crippen LogP contribution in [0.1, 0.15) is 39.0 Å². The lowest BCUT2D eigenvalue weighted by molar-refractivity contribution is 0.0547. The molecule has 2 heteroatoms. The summed E-state index contributed by atoms with van der Waals surface area (Å²) in [6.45, 7) is 2.09. The molecule has 2 nitrogen and oxygen atoms in total. The van der Waals surface area contributed by atoms with Crippen molar-refractivity contribution in [2.45, 2.75) is 44.6 Å². The van der Waals surface area contributed by atoms with Crippen molar-refractivity contribution in [3.05, 3.63) is 0 Å². The molecule has 1 N–H and O–H groups in total. The van der Waals surface area contributed by atoms with E-state index >= 15 is 0 Å². The monoisotopic (exact) mass is 153 g/mol. The third kappa shape index (κ3) is 1.54. The summed E-state index contributed by atoms with van der Waals surface area (Å²) in [5.74, 6) is 0.234. The molecule has 62 valence electrons. The smallest absolute Gasteiger partial charge is 0.153 e. The molecule has 0 unspecified atom stereocenters. The van der Waals surface area contributed by atoms with E-state index in [9.17, 15) is 5.11 Å². The second kappa shape index (κ2) is 3.23. The van der Waals surface area contributed by atoms with E-state index in [0.29, 0.717) is 6.42 Å². The average Bonchev–Trinajstić information content (AvgIpc) is 2.35. The van der Waals surface area contributed by atoms with Crippen LogP contribution in [0.25, 0.3) is 0 Å². The van der Waals surface area contributed by atoms with Gasteiger partial charge < -0.3 is 5.11 Å². The molecule has 0 aromatic heterocycles. The molecule has 0 bridgehead atoms. The van der Waals surface area contributed by atoms with E-state index in [2.05, 4.69) is 6.92 Å². The normalized spacial score (nSPS) is 37.0. The summed E-state index contributed by atoms with van der Waals surface area (Å²) >= 11 is 0. The maximum Gasteiger partial charge on any atom is 0.153 e. The summed E-state index contributed by atoms with van der Waals surface area (Å²) in [6, 6.07) is 2.03. The molecular formula is C9H15NO. The van der Waals surface area contributed by atoms with Crippen molar-refractivity contribution in [1.82, 2.24) is 0 Å². The van der Waals surface area contributed by atoms with Crippen LogP contribution < -0.4 is 0 Å². The fourth-order valence-corrected chi connectivity index (χ4v) is 1.94. The third-order valence-corrected chi connectivity index (χ3v) is 2.62. The Morgan fingerprint density at radius 1 is 1.73 bits per heavy atom. The van der Waals surface area contributed by atoms with E-state index in [0.717, 1.165) is 25.7 Å². The number of nitriles is 1. The Morgan fingerprint density at radius 3 is 3.00 bits per heavy atom. The van der Waals surface area contributed by atoms with Crippen molar-refractivity contribution in [2.24, 2.45) is 5.92 Å². The fourth-order valence-electron chi connectivity index (χ4n) is 1.94. The lowest BCUT2D eigenvalue weighted by Gasteiger charge is -2.21. The molecule has 0 saturated heterocycles. The zero-order valence-electron chi connectivity index (χ0n) is 7.01. The van der Waals surface area contributed by atoms with Gasteiger partial charge in [-0.3, -0.25) is 0 Å². The maximum absolute atomic E-state index is 9.73. The summed E-state index contributed by atoms with van der Waals surface area (Å²) < 4.78 is 0. The predicted octanol–water partition coefficient (Wildman–Crippen LogP) is 1.84. The molecule has 0 aromatic rings. The molecular weight excluding hydrogens is 138 g/mol. The molecule has 0 amide bonds. The van der Waals surface area contributed by atoms with Crippen LogP contribution in [0.2, 0.25) is 0 Å². The van der Waals surface area contributed by atoms with Gasteiger partial charge in [0.15, 0.2) is 5.60 Å². The van der Waals surface area contributed by atoms with E-state index < -0.39 is 5.60 Å². The van der Waals surface area contributed by atoms with Crippen LogP contribution in [0.15, 0.2) is 0 Å². The van der Waals surface area contributed by atoms with Gasteiger partial charge in [-0.15, -0.1) is 0 Å². The first-order valence-electron chi connectivity index (χ1n) is 4.36. The highest BCUT2D eigenvalue weighted by molar-refractivity contribution is 5.07. The van der Waals surface area contributed by atoms with Gasteiger partial charge in [-0.1, -0.05) is 13.3 Å². The Hall–Kier alpha value is -0.550. The Bertz CT molecular complexity index is 173. The van der Waals surface area contributed by atoms with E-state index in [4.69, 9.17) is 5.26 Å². The highest BCUT2D eigenvalue weighted by Gasteiger charge is 2.40. The van der Waals surface area contributed by atoms with E-state index in [-0.39, 0.29) is 5.92 Å². The minimum atomic E-state index is -0.990. The first-order valence-corrected chi connectivity index (χ1v) is 4.36. The van der Waals surface area contributed by atoms with E-state index in [1.54, 1.807) is 0 Å². The van der Waals surface area contributed by atoms with Gasteiger partial charge in [0.05, 0.1) is 6.07 Å². The third-order valence-electron chi connectivity index (χ3n) is 2.62. The number of nitrogens with zero attached hydrogens (tertiary/aromatic N) is 1. The molecule has 0 aromatic carbocycles. The maximum atomic E-state index is 9.73. The fraction of sp³-hybridized carbons (Fsp3) is 0.889. The molecule has 1 rings (SSSR count). The first kappa shape index (κ1) is 8.55. The Kier molecular flexibility index (Phi) is 2.51. The van der Waals surface area contributed by atoms with Crippen LogP contribution in [0.5, 0.6) is 0 Å². The van der Waals surface area contributed by atoms with Crippen molar-refractivity contribution >= 4 is 0 Å². The van der Waals surface area contributed by atoms with Crippen molar-refractivity contribution in [2.75, 3.05) is 0 Å². The zero-order chi connectivity index (χ0) is 8.32. The summed E-state index contributed by atoms with van der Waals surface area (Å²) in [5.41, 5.74) is -0.990. The highest BCUT2D eigenvalue weighted by atomic mass is 16.3. The van der Waals surface area contributed by atoms with Crippen LogP contribution in [-0.4, -0.2) is 10.7 Å². The van der Waals surface area contributed by atoms with Gasteiger partial charge in [-0.2, -0.15) is 5.26 Å². The Balaban J connectivity index is 2.59. The van der Waals surface area contributed by atoms with Crippen molar-refractivity contribution in [3.63, 3.8) is 0 Å². The zero-order valence-corrected chi connectivity index (χ0v) is 7.01. The Labute approximate surface area is 67.8 Å². The summed E-state index contributed by atoms with van der Waals surface area (Å²) in [7, 11) is 0. The molecule has 1 saturated carbocycles. The quantitative estimate of drug-likeness (QED) is 0.615. The van der Waals surface area contributed by atoms with Crippen LogP contribution in [-0.2, 0) is 0 Å². The minimum absolute atomic E-state index is 0.234. The van der Waals surface area contributed by atoms with Gasteiger partial charge >= 0.3 is 0 Å². The summed E-state index contributed by atoms with van der Waals surface area (Å²) in [4.78, 5) is 0. The second-order valence-corrected chi connectivity index (χ2v) is 3.41. The second-order valence-electron chi connectivity index (χ2n) is 3.41. The number of hydrogen-bond acceptors (Lipinski definition) is 2. The largest absolute Gasteiger partial charge is 0.375 e. The van der Waals surface area contributed by atoms with Crippen molar-refractivity contribution in [3.8, 4) is 6.07 Å². The molecule has 1 fully saturated rings. The minimum Gasteiger partial charge on any atom is -0.375 e. The summed E-state index contributed by atoms with van der Waals surface area (Å²) in [6.07, 6.45) is 4.76. The molecule has 1 aliphatic rings. The number of rotatable bonds is 2. The van der Waals surface area contributed by atoms with Gasteiger partial charge in [0.2, 0.25) is 0 Å². The molecule has 0 spiro atoms. The predicted molar refractivity (Wildman–Crippen MR) is 42.8 cm³/mol. The lowest BCUT2D eigenvalue weighted by atomic mass is 9.89. The molecule has 1 aliphatic carbocycles. The first-order chi connectivity index (χ1) is 5.23. The standard InChI is InChI=1S/C9H15NO/c1-2-4-8-5-3-6-9(8,11)7-10/h8,11H,2-6H2,1H3/t8-,9-/m0/s1. The van der Waals surface area contributed by atoms with Crippen LogP contribution in [0.4, 0.5) is 0 Å². The van der Waals surface area contributed by atoms with Crippen molar-refractivity contribution < 1.29 is 5.11 Å². The van der Waals surface area contributed by atoms with Gasteiger partial charge in [0.25, 0.3) is 0 Å². The molecule has 0 heterocycles. The SMILES string of the molecule is CCC[C@H]1CCC[C@]1(O)C#N. The highest BCUT2D eigenvalue weighted by Crippen LogP contribution is 2.37. The molecule has 2 atom stereocenters. The average molecular weight is 153 g/mol. The summed E-state index contributed by atoms with van der Waals surface area (Å²) in [5, 5.41) is 18.5. The van der Waals surface area contributed by atoms with Crippen LogP contribution in [0.3, 0.4) is 0 Å². The molecule has 0 radical (unpaired) electrons. The Morgan fingerprint density at radius 2 is 2.45 bits per heavy atom. The van der Waals surface area contributed by atoms with Gasteiger partial charge in [-0.05, 0) is 25.7 Å². The van der Waals surface area contributed by atoms with Gasteiger partial charge in [-0.25, -0.2) is 0 Å². The van der Waals surface area contributed by atoms with Crippen molar-refractivity contribution in [1.29, 1.82) is 5.26 Å². The van der Waals surface area contributed by atoms with Gasteiger partial charge in [0, 0.05) is 5.92 Å². The van der Waals surface area contributed by atoms with Gasteiger partial charge in [0.1, 0.15) is 0 Å². The molecule has 0 aliphatic heterocycles. The van der Waals surface area contributed by atoms with E-state index in [1.165, 1.54) is 0 Å². The van der Waals surface area contributed by atoms with Crippen LogP contribution in [0, 0.1) is 17.2 Å². The number of hydrogen-bond donors (Lipinski definition) is 1. The van der Waals surface area contributed by atoms with Crippen LogP contribution >= 0.6 is 0 Å². The van der Waals surface area contributed by atoms with E-state index in [1.807, 2.05) is 6.07 Å².